The second-order valence-corrected chi connectivity index (χ2v) is 5.72. The van der Waals surface area contributed by atoms with E-state index in [0.29, 0.717) is 34.9 Å². The lowest BCUT2D eigenvalue weighted by Gasteiger charge is -2.13. The highest BCUT2D eigenvalue weighted by Crippen LogP contribution is 2.33. The van der Waals surface area contributed by atoms with Gasteiger partial charge in [0, 0.05) is 11.1 Å². The smallest absolute Gasteiger partial charge is 0.361 e. The Balaban J connectivity index is 1.86. The minimum atomic E-state index is -0.566. The Morgan fingerprint density at radius 2 is 1.86 bits per heavy atom. The van der Waals surface area contributed by atoms with E-state index in [2.05, 4.69) is 15.4 Å². The maximum Gasteiger partial charge on any atom is 0.361 e. The SMILES string of the molecule is CCOC(=O)c1n[nH]nc1-c1ccc(OCc2ccccc2F)c(OCC)c1. The summed E-state index contributed by atoms with van der Waals surface area (Å²) in [5.41, 5.74) is 1.48. The van der Waals surface area contributed by atoms with E-state index in [1.165, 1.54) is 6.07 Å². The molecule has 0 radical (unpaired) electrons. The molecule has 2 aromatic carbocycles. The highest BCUT2D eigenvalue weighted by atomic mass is 19.1. The molecule has 0 saturated carbocycles. The third kappa shape index (κ3) is 4.28. The number of ether oxygens (including phenoxy) is 3. The molecule has 0 fully saturated rings. The molecule has 8 heteroatoms. The van der Waals surface area contributed by atoms with Gasteiger partial charge in [0.15, 0.2) is 17.2 Å². The average molecular weight is 385 g/mol. The van der Waals surface area contributed by atoms with Gasteiger partial charge in [-0.05, 0) is 38.1 Å². The molecule has 1 N–H and O–H groups in total. The minimum Gasteiger partial charge on any atom is -0.490 e. The summed E-state index contributed by atoms with van der Waals surface area (Å²) in [6, 6.07) is 11.5. The fourth-order valence-electron chi connectivity index (χ4n) is 2.59. The van der Waals surface area contributed by atoms with Gasteiger partial charge >= 0.3 is 5.97 Å². The highest BCUT2D eigenvalue weighted by Gasteiger charge is 2.20. The van der Waals surface area contributed by atoms with Gasteiger partial charge in [-0.2, -0.15) is 10.3 Å². The molecular formula is C20H20FN3O4. The first-order valence-electron chi connectivity index (χ1n) is 8.85. The molecule has 0 aliphatic carbocycles. The summed E-state index contributed by atoms with van der Waals surface area (Å²) in [5.74, 6) is 0.00651. The molecule has 1 heterocycles. The summed E-state index contributed by atoms with van der Waals surface area (Å²) in [7, 11) is 0. The van der Waals surface area contributed by atoms with Crippen molar-refractivity contribution in [3.05, 3.63) is 59.5 Å². The van der Waals surface area contributed by atoms with Crippen LogP contribution in [0.5, 0.6) is 11.5 Å². The molecule has 0 spiro atoms. The highest BCUT2D eigenvalue weighted by molar-refractivity contribution is 5.94. The normalized spacial score (nSPS) is 10.5. The molecule has 0 saturated heterocycles. The number of carbonyl (C=O) groups excluding carboxylic acids is 1. The van der Waals surface area contributed by atoms with Crippen molar-refractivity contribution in [3.63, 3.8) is 0 Å². The molecule has 3 rings (SSSR count). The summed E-state index contributed by atoms with van der Waals surface area (Å²) in [6.45, 7) is 4.26. The molecule has 0 bridgehead atoms. The Bertz CT molecular complexity index is 958. The van der Waals surface area contributed by atoms with Gasteiger partial charge in [-0.1, -0.05) is 18.2 Å². The van der Waals surface area contributed by atoms with Crippen LogP contribution in [0.4, 0.5) is 4.39 Å². The second-order valence-electron chi connectivity index (χ2n) is 5.72. The monoisotopic (exact) mass is 385 g/mol. The van der Waals surface area contributed by atoms with E-state index in [1.54, 1.807) is 43.3 Å². The van der Waals surface area contributed by atoms with Crippen LogP contribution < -0.4 is 9.47 Å². The summed E-state index contributed by atoms with van der Waals surface area (Å²) >= 11 is 0. The Morgan fingerprint density at radius 3 is 2.61 bits per heavy atom. The Labute approximate surface area is 161 Å². The van der Waals surface area contributed by atoms with Gasteiger partial charge in [0.25, 0.3) is 0 Å². The van der Waals surface area contributed by atoms with E-state index < -0.39 is 5.97 Å². The number of nitrogens with one attached hydrogen (secondary N) is 1. The van der Waals surface area contributed by atoms with E-state index in [-0.39, 0.29) is 24.7 Å². The number of esters is 1. The van der Waals surface area contributed by atoms with Gasteiger partial charge in [0.1, 0.15) is 18.1 Å². The Hall–Kier alpha value is -3.42. The summed E-state index contributed by atoms with van der Waals surface area (Å²) in [6.07, 6.45) is 0. The number of H-pyrrole nitrogens is 1. The van der Waals surface area contributed by atoms with E-state index in [4.69, 9.17) is 14.2 Å². The van der Waals surface area contributed by atoms with Crippen molar-refractivity contribution in [2.75, 3.05) is 13.2 Å². The van der Waals surface area contributed by atoms with Crippen LogP contribution in [-0.2, 0) is 11.3 Å². The van der Waals surface area contributed by atoms with E-state index in [1.807, 2.05) is 6.92 Å². The van der Waals surface area contributed by atoms with Crippen molar-refractivity contribution >= 4 is 5.97 Å². The van der Waals surface area contributed by atoms with Crippen LogP contribution in [0.2, 0.25) is 0 Å². The number of carbonyl (C=O) groups is 1. The van der Waals surface area contributed by atoms with Crippen molar-refractivity contribution < 1.29 is 23.4 Å². The van der Waals surface area contributed by atoms with Crippen LogP contribution in [0, 0.1) is 5.82 Å². The number of rotatable bonds is 8. The van der Waals surface area contributed by atoms with Crippen LogP contribution in [0.3, 0.4) is 0 Å². The van der Waals surface area contributed by atoms with Crippen molar-refractivity contribution in [1.29, 1.82) is 0 Å². The Kier molecular flexibility index (Phi) is 6.21. The Morgan fingerprint density at radius 1 is 1.04 bits per heavy atom. The second kappa shape index (κ2) is 8.98. The molecule has 0 amide bonds. The molecule has 7 nitrogen and oxygen atoms in total. The predicted molar refractivity (Wildman–Crippen MR) is 99.7 cm³/mol. The summed E-state index contributed by atoms with van der Waals surface area (Å²) < 4.78 is 30.2. The van der Waals surface area contributed by atoms with Gasteiger partial charge < -0.3 is 14.2 Å². The van der Waals surface area contributed by atoms with Crippen LogP contribution in [0.15, 0.2) is 42.5 Å². The summed E-state index contributed by atoms with van der Waals surface area (Å²) in [5, 5.41) is 10.4. The third-order valence-corrected chi connectivity index (χ3v) is 3.87. The van der Waals surface area contributed by atoms with E-state index in [0.717, 1.165) is 0 Å². The maximum absolute atomic E-state index is 13.8. The number of benzene rings is 2. The van der Waals surface area contributed by atoms with Gasteiger partial charge in [-0.15, -0.1) is 5.10 Å². The van der Waals surface area contributed by atoms with Crippen LogP contribution in [0.1, 0.15) is 29.9 Å². The predicted octanol–water partition coefficient (Wildman–Crippen LogP) is 3.77. The number of hydrogen-bond donors (Lipinski definition) is 1. The lowest BCUT2D eigenvalue weighted by Crippen LogP contribution is -2.07. The number of aromatic amines is 1. The quantitative estimate of drug-likeness (QED) is 0.594. The minimum absolute atomic E-state index is 0.0597. The first kappa shape index (κ1) is 19.3. The van der Waals surface area contributed by atoms with Crippen LogP contribution in [0.25, 0.3) is 11.3 Å². The fourth-order valence-corrected chi connectivity index (χ4v) is 2.59. The zero-order valence-corrected chi connectivity index (χ0v) is 15.6. The van der Waals surface area contributed by atoms with Crippen molar-refractivity contribution in [2.45, 2.75) is 20.5 Å². The topological polar surface area (TPSA) is 86.3 Å². The van der Waals surface area contributed by atoms with Crippen molar-refractivity contribution in [2.24, 2.45) is 0 Å². The first-order valence-corrected chi connectivity index (χ1v) is 8.85. The zero-order valence-electron chi connectivity index (χ0n) is 15.6. The molecule has 0 unspecified atom stereocenters. The molecule has 0 aliphatic rings. The largest absolute Gasteiger partial charge is 0.490 e. The van der Waals surface area contributed by atoms with Crippen LogP contribution in [-0.4, -0.2) is 34.6 Å². The molecule has 28 heavy (non-hydrogen) atoms. The van der Waals surface area contributed by atoms with E-state index >= 15 is 0 Å². The molecule has 3 aromatic rings. The number of nitrogens with zero attached hydrogens (tertiary/aromatic N) is 2. The lowest BCUT2D eigenvalue weighted by molar-refractivity contribution is 0.0520. The molecule has 0 atom stereocenters. The van der Waals surface area contributed by atoms with Gasteiger partial charge in [-0.25, -0.2) is 9.18 Å². The van der Waals surface area contributed by atoms with Crippen molar-refractivity contribution in [3.8, 4) is 22.8 Å². The lowest BCUT2D eigenvalue weighted by atomic mass is 10.1. The number of hydrogen-bond acceptors (Lipinski definition) is 6. The van der Waals surface area contributed by atoms with E-state index in [9.17, 15) is 9.18 Å². The average Bonchev–Trinajstić information content (AvgIpc) is 3.18. The standard InChI is InChI=1S/C20H20FN3O4/c1-3-26-17-11-13(18-19(23-24-22-18)20(25)27-4-2)9-10-16(17)28-12-14-7-5-6-8-15(14)21/h5-11H,3-4,12H2,1-2H3,(H,22,23,24). The fraction of sp³-hybridized carbons (Fsp3) is 0.250. The summed E-state index contributed by atoms with van der Waals surface area (Å²) in [4.78, 5) is 12.0. The first-order chi connectivity index (χ1) is 13.6. The molecule has 146 valence electrons. The maximum atomic E-state index is 13.8. The van der Waals surface area contributed by atoms with Crippen molar-refractivity contribution in [1.82, 2.24) is 15.4 Å². The van der Waals surface area contributed by atoms with Gasteiger partial charge in [0.2, 0.25) is 0 Å². The molecule has 1 aromatic heterocycles. The van der Waals surface area contributed by atoms with Gasteiger partial charge in [0.05, 0.1) is 13.2 Å². The van der Waals surface area contributed by atoms with Gasteiger partial charge in [-0.3, -0.25) is 0 Å². The zero-order chi connectivity index (χ0) is 19.9. The molecular weight excluding hydrogens is 365 g/mol. The number of halogens is 1. The molecule has 0 aliphatic heterocycles. The number of aromatic nitrogens is 3. The van der Waals surface area contributed by atoms with Crippen LogP contribution >= 0.6 is 0 Å². The third-order valence-electron chi connectivity index (χ3n) is 3.87.